The molecule has 2 aromatic heterocycles. The van der Waals surface area contributed by atoms with Gasteiger partial charge in [0.2, 0.25) is 0 Å². The number of nitrogens with zero attached hydrogens (tertiary/aromatic N) is 2. The number of rotatable bonds is 1. The molecule has 0 bridgehead atoms. The lowest BCUT2D eigenvalue weighted by Crippen LogP contribution is -1.91. The molecule has 0 atom stereocenters. The van der Waals surface area contributed by atoms with Crippen LogP contribution in [0.25, 0.3) is 22.3 Å². The molecule has 0 saturated carbocycles. The van der Waals surface area contributed by atoms with Gasteiger partial charge in [-0.1, -0.05) is 24.4 Å². The van der Waals surface area contributed by atoms with Crippen molar-refractivity contribution in [1.82, 2.24) is 15.0 Å². The number of benzene rings is 1. The molecule has 0 aliphatic rings. The van der Waals surface area contributed by atoms with E-state index >= 15 is 0 Å². The quantitative estimate of drug-likeness (QED) is 0.662. The van der Waals surface area contributed by atoms with Gasteiger partial charge >= 0.3 is 0 Å². The average Bonchev–Trinajstić information content (AvgIpc) is 2.40. The van der Waals surface area contributed by atoms with Crippen molar-refractivity contribution in [1.29, 1.82) is 0 Å². The zero-order valence-electron chi connectivity index (χ0n) is 8.92. The van der Waals surface area contributed by atoms with Crippen LogP contribution in [-0.2, 0) is 0 Å². The molecule has 0 fully saturated rings. The van der Waals surface area contributed by atoms with Crippen LogP contribution < -0.4 is 0 Å². The zero-order valence-corrected chi connectivity index (χ0v) is 9.74. The summed E-state index contributed by atoms with van der Waals surface area (Å²) in [4.78, 5) is 11.7. The number of pyridine rings is 1. The van der Waals surface area contributed by atoms with E-state index in [1.165, 1.54) is 0 Å². The molecular weight excluding hydrogens is 230 g/mol. The number of aromatic nitrogens is 3. The molecule has 0 aliphatic carbocycles. The van der Waals surface area contributed by atoms with Crippen molar-refractivity contribution in [2.75, 3.05) is 0 Å². The summed E-state index contributed by atoms with van der Waals surface area (Å²) in [5, 5.41) is 0.973. The van der Waals surface area contributed by atoms with E-state index in [0.717, 1.165) is 22.3 Å². The van der Waals surface area contributed by atoms with Crippen LogP contribution in [0.2, 0.25) is 0 Å². The summed E-state index contributed by atoms with van der Waals surface area (Å²) < 4.78 is 0.617. The minimum Gasteiger partial charge on any atom is -0.339 e. The number of aromatic amines is 1. The molecule has 0 amide bonds. The Morgan fingerprint density at radius 3 is 2.59 bits per heavy atom. The average molecular weight is 239 g/mol. The Labute approximate surface area is 103 Å². The minimum absolute atomic E-state index is 0.617. The van der Waals surface area contributed by atoms with E-state index in [1.807, 2.05) is 36.4 Å². The van der Waals surface area contributed by atoms with Gasteiger partial charge in [0.15, 0.2) is 0 Å². The van der Waals surface area contributed by atoms with E-state index in [2.05, 4.69) is 15.0 Å². The molecule has 0 radical (unpaired) electrons. The smallest absolute Gasteiger partial charge is 0.139 e. The topological polar surface area (TPSA) is 41.6 Å². The molecule has 0 aliphatic heterocycles. The van der Waals surface area contributed by atoms with Crippen molar-refractivity contribution in [2.45, 2.75) is 0 Å². The van der Waals surface area contributed by atoms with Crippen molar-refractivity contribution in [3.8, 4) is 11.4 Å². The molecule has 1 N–H and O–H groups in total. The van der Waals surface area contributed by atoms with Gasteiger partial charge in [-0.2, -0.15) is 0 Å². The second kappa shape index (κ2) is 4.07. The molecule has 4 heteroatoms. The second-order valence-corrected chi connectivity index (χ2v) is 4.06. The van der Waals surface area contributed by atoms with Gasteiger partial charge in [-0.25, -0.2) is 4.98 Å². The van der Waals surface area contributed by atoms with Gasteiger partial charge < -0.3 is 4.98 Å². The molecule has 0 spiro atoms. The van der Waals surface area contributed by atoms with Crippen molar-refractivity contribution in [2.24, 2.45) is 0 Å². The summed E-state index contributed by atoms with van der Waals surface area (Å²) in [5.74, 6) is 0.774. The first kappa shape index (κ1) is 10.1. The SMILES string of the molecule is S=c1nc(-c2ccncc2)[nH]c2ccccc12. The normalized spacial score (nSPS) is 10.6. The first-order chi connectivity index (χ1) is 8.34. The minimum atomic E-state index is 0.617. The third-order valence-corrected chi connectivity index (χ3v) is 2.89. The molecule has 3 nitrogen and oxygen atoms in total. The fourth-order valence-corrected chi connectivity index (χ4v) is 2.01. The number of nitrogens with one attached hydrogen (secondary N) is 1. The van der Waals surface area contributed by atoms with Crippen LogP contribution in [0, 0.1) is 4.64 Å². The van der Waals surface area contributed by atoms with E-state index in [-0.39, 0.29) is 0 Å². The summed E-state index contributed by atoms with van der Waals surface area (Å²) in [7, 11) is 0. The predicted molar refractivity (Wildman–Crippen MR) is 70.2 cm³/mol. The molecule has 17 heavy (non-hydrogen) atoms. The maximum Gasteiger partial charge on any atom is 0.139 e. The Morgan fingerprint density at radius 1 is 1.00 bits per heavy atom. The Morgan fingerprint density at radius 2 is 1.76 bits per heavy atom. The van der Waals surface area contributed by atoms with Gasteiger partial charge in [-0.15, -0.1) is 0 Å². The van der Waals surface area contributed by atoms with Crippen LogP contribution in [0.5, 0.6) is 0 Å². The van der Waals surface area contributed by atoms with E-state index < -0.39 is 0 Å². The largest absolute Gasteiger partial charge is 0.339 e. The molecule has 0 saturated heterocycles. The Kier molecular flexibility index (Phi) is 2.42. The number of hydrogen-bond acceptors (Lipinski definition) is 3. The molecule has 2 heterocycles. The monoisotopic (exact) mass is 239 g/mol. The van der Waals surface area contributed by atoms with Gasteiger partial charge in [-0.05, 0) is 24.3 Å². The molecule has 3 rings (SSSR count). The zero-order chi connectivity index (χ0) is 11.7. The summed E-state index contributed by atoms with van der Waals surface area (Å²) >= 11 is 5.29. The van der Waals surface area contributed by atoms with Crippen LogP contribution >= 0.6 is 12.2 Å². The van der Waals surface area contributed by atoms with E-state index in [9.17, 15) is 0 Å². The molecule has 0 unspecified atom stereocenters. The number of fused-ring (bicyclic) bond motifs is 1. The van der Waals surface area contributed by atoms with E-state index in [1.54, 1.807) is 12.4 Å². The van der Waals surface area contributed by atoms with Crippen LogP contribution in [-0.4, -0.2) is 15.0 Å². The van der Waals surface area contributed by atoms with Crippen molar-refractivity contribution in [3.05, 3.63) is 53.4 Å². The number of H-pyrrole nitrogens is 1. The lowest BCUT2D eigenvalue weighted by atomic mass is 10.2. The fourth-order valence-electron chi connectivity index (χ4n) is 1.74. The summed E-state index contributed by atoms with van der Waals surface area (Å²) in [6.07, 6.45) is 3.48. The van der Waals surface area contributed by atoms with Gasteiger partial charge in [0.05, 0.1) is 0 Å². The van der Waals surface area contributed by atoms with Crippen LogP contribution in [0.15, 0.2) is 48.8 Å². The van der Waals surface area contributed by atoms with Crippen LogP contribution in [0.3, 0.4) is 0 Å². The lowest BCUT2D eigenvalue weighted by molar-refractivity contribution is 1.20. The number of para-hydroxylation sites is 1. The Bertz CT molecular complexity index is 719. The molecule has 82 valence electrons. The van der Waals surface area contributed by atoms with Gasteiger partial charge in [-0.3, -0.25) is 4.98 Å². The van der Waals surface area contributed by atoms with Crippen molar-refractivity contribution >= 4 is 23.1 Å². The van der Waals surface area contributed by atoms with Gasteiger partial charge in [0.25, 0.3) is 0 Å². The highest BCUT2D eigenvalue weighted by atomic mass is 32.1. The third kappa shape index (κ3) is 1.83. The van der Waals surface area contributed by atoms with Gasteiger partial charge in [0.1, 0.15) is 10.5 Å². The van der Waals surface area contributed by atoms with Crippen LogP contribution in [0.1, 0.15) is 0 Å². The lowest BCUT2D eigenvalue weighted by Gasteiger charge is -2.03. The van der Waals surface area contributed by atoms with Crippen LogP contribution in [0.4, 0.5) is 0 Å². The highest BCUT2D eigenvalue weighted by Crippen LogP contribution is 2.18. The van der Waals surface area contributed by atoms with E-state index in [0.29, 0.717) is 4.64 Å². The summed E-state index contributed by atoms with van der Waals surface area (Å²) in [6, 6.07) is 11.7. The standard InChI is InChI=1S/C13H9N3S/c17-13-10-3-1-2-4-11(10)15-12(16-13)9-5-7-14-8-6-9/h1-8H,(H,15,16,17). The summed E-state index contributed by atoms with van der Waals surface area (Å²) in [6.45, 7) is 0. The molecular formula is C13H9N3S. The highest BCUT2D eigenvalue weighted by molar-refractivity contribution is 7.71. The fraction of sp³-hybridized carbons (Fsp3) is 0. The first-order valence-electron chi connectivity index (χ1n) is 5.24. The maximum atomic E-state index is 5.29. The second-order valence-electron chi connectivity index (χ2n) is 3.67. The Balaban J connectivity index is 2.30. The Hall–Kier alpha value is -2.07. The molecule has 3 aromatic rings. The van der Waals surface area contributed by atoms with Crippen molar-refractivity contribution in [3.63, 3.8) is 0 Å². The molecule has 1 aromatic carbocycles. The third-order valence-electron chi connectivity index (χ3n) is 2.58. The highest BCUT2D eigenvalue weighted by Gasteiger charge is 2.02. The number of hydrogen-bond donors (Lipinski definition) is 1. The first-order valence-corrected chi connectivity index (χ1v) is 5.65. The van der Waals surface area contributed by atoms with Gasteiger partial charge in [0, 0.05) is 28.9 Å². The van der Waals surface area contributed by atoms with E-state index in [4.69, 9.17) is 12.2 Å². The maximum absolute atomic E-state index is 5.29. The van der Waals surface area contributed by atoms with Crippen molar-refractivity contribution < 1.29 is 0 Å². The summed E-state index contributed by atoms with van der Waals surface area (Å²) in [5.41, 5.74) is 1.98. The predicted octanol–water partition coefficient (Wildman–Crippen LogP) is 3.35.